The number of hydrogen-bond donors (Lipinski definition) is 0. The first kappa shape index (κ1) is 24.0. The van der Waals surface area contributed by atoms with E-state index in [4.69, 9.17) is 9.47 Å². The van der Waals surface area contributed by atoms with E-state index in [2.05, 4.69) is 55.4 Å². The monoisotopic (exact) mass is 470 g/mol. The topological polar surface area (TPSA) is 35.5 Å². The highest BCUT2D eigenvalue weighted by molar-refractivity contribution is 5.91. The first-order valence-electron chi connectivity index (χ1n) is 14.7. The van der Waals surface area contributed by atoms with Crippen LogP contribution in [0.15, 0.2) is 0 Å². The van der Waals surface area contributed by atoms with Gasteiger partial charge in [-0.3, -0.25) is 4.79 Å². The van der Waals surface area contributed by atoms with Crippen molar-refractivity contribution in [1.82, 2.24) is 0 Å². The smallest absolute Gasteiger partial charge is 0.163 e. The van der Waals surface area contributed by atoms with E-state index in [9.17, 15) is 4.79 Å². The molecule has 0 N–H and O–H groups in total. The predicted octanol–water partition coefficient (Wildman–Crippen LogP) is 7.27. The van der Waals surface area contributed by atoms with Gasteiger partial charge in [0, 0.05) is 11.8 Å². The number of ether oxygens (including phenoxy) is 2. The Morgan fingerprint density at radius 3 is 2.24 bits per heavy atom. The van der Waals surface area contributed by atoms with Crippen LogP contribution in [0.1, 0.15) is 107 Å². The molecule has 0 unspecified atom stereocenters. The van der Waals surface area contributed by atoms with Crippen LogP contribution in [0, 0.1) is 63.6 Å². The third-order valence-corrected chi connectivity index (χ3v) is 13.3. The lowest BCUT2D eigenvalue weighted by atomic mass is 9.45. The van der Waals surface area contributed by atoms with Gasteiger partial charge in [0.05, 0.1) is 12.2 Å². The lowest BCUT2D eigenvalue weighted by molar-refractivity contribution is -0.161. The molecule has 34 heavy (non-hydrogen) atoms. The van der Waals surface area contributed by atoms with Gasteiger partial charge in [-0.25, -0.2) is 0 Å². The second kappa shape index (κ2) is 7.33. The van der Waals surface area contributed by atoms with Crippen LogP contribution in [-0.2, 0) is 14.3 Å². The van der Waals surface area contributed by atoms with E-state index in [1.807, 2.05) is 0 Å². The van der Waals surface area contributed by atoms with Crippen molar-refractivity contribution in [3.8, 4) is 0 Å². The Bertz CT molecular complexity index is 863. The number of Topliss-reactive ketones (excluding diaryl/α,β-unsaturated/α-hetero) is 1. The minimum absolute atomic E-state index is 0.105. The summed E-state index contributed by atoms with van der Waals surface area (Å²) in [4.78, 5) is 13.6. The molecule has 3 heteroatoms. The summed E-state index contributed by atoms with van der Waals surface area (Å²) in [7, 11) is 0. The van der Waals surface area contributed by atoms with Gasteiger partial charge in [-0.1, -0.05) is 41.5 Å². The highest BCUT2D eigenvalue weighted by Gasteiger charge is 2.77. The molecule has 0 bridgehead atoms. The molecule has 1 saturated heterocycles. The largest absolute Gasteiger partial charge is 0.344 e. The van der Waals surface area contributed by atoms with Crippen molar-refractivity contribution in [2.75, 3.05) is 0 Å². The lowest BCUT2D eigenvalue weighted by Gasteiger charge is -2.58. The van der Waals surface area contributed by atoms with Crippen molar-refractivity contribution in [2.24, 2.45) is 63.6 Å². The quantitative estimate of drug-likeness (QED) is 0.433. The molecule has 0 aromatic carbocycles. The van der Waals surface area contributed by atoms with Crippen molar-refractivity contribution >= 4 is 5.78 Å². The minimum atomic E-state index is -0.495. The molecule has 3 nitrogen and oxygen atoms in total. The summed E-state index contributed by atoms with van der Waals surface area (Å²) in [5.74, 6) is 5.24. The Morgan fingerprint density at radius 1 is 0.853 bits per heavy atom. The maximum atomic E-state index is 13.6. The van der Waals surface area contributed by atoms with Crippen LogP contribution in [0.3, 0.4) is 0 Å². The average molecular weight is 471 g/mol. The minimum Gasteiger partial charge on any atom is -0.344 e. The molecule has 5 saturated carbocycles. The molecule has 5 aliphatic carbocycles. The SMILES string of the molecule is CC(C)[C@@H](C)[C@H]1OC(C)(C)O[C@@H]1[C@@H](C)[C@H]1CC[C@H]2[C@@H]3CC(=O)[C@]45C[C@@H]4CC[C@]5(C)[C@H]3CC[C@]12C. The highest BCUT2D eigenvalue weighted by Crippen LogP contribution is 2.80. The molecular weight excluding hydrogens is 420 g/mol. The molecule has 0 aromatic heterocycles. The van der Waals surface area contributed by atoms with E-state index in [0.717, 1.165) is 18.3 Å². The molecule has 12 atom stereocenters. The number of rotatable bonds is 4. The molecule has 6 rings (SSSR count). The fourth-order valence-electron chi connectivity index (χ4n) is 11.2. The van der Waals surface area contributed by atoms with Gasteiger partial charge >= 0.3 is 0 Å². The third-order valence-electron chi connectivity index (χ3n) is 13.3. The van der Waals surface area contributed by atoms with Crippen molar-refractivity contribution in [3.63, 3.8) is 0 Å². The van der Waals surface area contributed by atoms with Gasteiger partial charge in [-0.05, 0) is 117 Å². The molecule has 192 valence electrons. The van der Waals surface area contributed by atoms with Gasteiger partial charge in [-0.15, -0.1) is 0 Å². The van der Waals surface area contributed by atoms with E-state index in [1.54, 1.807) is 0 Å². The van der Waals surface area contributed by atoms with Crippen LogP contribution in [0.4, 0.5) is 0 Å². The van der Waals surface area contributed by atoms with Gasteiger partial charge in [0.25, 0.3) is 0 Å². The summed E-state index contributed by atoms with van der Waals surface area (Å²) in [5, 5.41) is 0. The van der Waals surface area contributed by atoms with E-state index >= 15 is 0 Å². The summed E-state index contributed by atoms with van der Waals surface area (Å²) in [6.07, 6.45) is 10.4. The molecule has 6 fully saturated rings. The molecule has 6 aliphatic rings. The van der Waals surface area contributed by atoms with Crippen LogP contribution in [0.25, 0.3) is 0 Å². The van der Waals surface area contributed by atoms with Crippen molar-refractivity contribution in [2.45, 2.75) is 125 Å². The summed E-state index contributed by atoms with van der Waals surface area (Å²) < 4.78 is 13.2. The van der Waals surface area contributed by atoms with Gasteiger partial charge in [0.15, 0.2) is 5.79 Å². The maximum Gasteiger partial charge on any atom is 0.163 e. The van der Waals surface area contributed by atoms with E-state index in [0.29, 0.717) is 52.1 Å². The first-order valence-corrected chi connectivity index (χ1v) is 14.7. The predicted molar refractivity (Wildman–Crippen MR) is 135 cm³/mol. The van der Waals surface area contributed by atoms with Gasteiger partial charge < -0.3 is 9.47 Å². The summed E-state index contributed by atoms with van der Waals surface area (Å²) in [5.41, 5.74) is 0.742. The van der Waals surface area contributed by atoms with Crippen molar-refractivity contribution in [1.29, 1.82) is 0 Å². The fourth-order valence-corrected chi connectivity index (χ4v) is 11.2. The Labute approximate surface area is 208 Å². The summed E-state index contributed by atoms with van der Waals surface area (Å²) in [6.45, 7) is 18.8. The Kier molecular flexibility index (Phi) is 5.17. The number of ketones is 1. The zero-order valence-corrected chi connectivity index (χ0v) is 23.2. The Balaban J connectivity index is 1.26. The number of hydrogen-bond acceptors (Lipinski definition) is 3. The van der Waals surface area contributed by atoms with Gasteiger partial charge in [-0.2, -0.15) is 0 Å². The van der Waals surface area contributed by atoms with Crippen molar-refractivity contribution in [3.05, 3.63) is 0 Å². The number of fused-ring (bicyclic) bond motifs is 4. The molecule has 0 radical (unpaired) electrons. The fraction of sp³-hybridized carbons (Fsp3) is 0.968. The maximum absolute atomic E-state index is 13.6. The van der Waals surface area contributed by atoms with Crippen LogP contribution < -0.4 is 0 Å². The summed E-state index contributed by atoms with van der Waals surface area (Å²) >= 11 is 0. The molecule has 1 heterocycles. The number of carbonyl (C=O) groups excluding carboxylic acids is 1. The van der Waals surface area contributed by atoms with E-state index in [1.165, 1.54) is 44.9 Å². The molecule has 0 amide bonds. The zero-order chi connectivity index (χ0) is 24.4. The standard InChI is InChI=1S/C31H50O3/c1-17(2)18(3)26-27(34-28(5,6)33-26)19(4)22-9-10-23-21-15-25(32)31-16-20(31)11-14-30(31,8)24(21)12-13-29(22,23)7/h17-24,26-27H,9-16H2,1-8H3/t18-,19+,20+,21+,22-,23+,24+,26-,27-,29-,30-,31+/m1/s1. The molecule has 1 aliphatic heterocycles. The zero-order valence-electron chi connectivity index (χ0n) is 23.2. The first-order chi connectivity index (χ1) is 15.9. The lowest BCUT2D eigenvalue weighted by Crippen LogP contribution is -2.55. The molecule has 1 spiro atoms. The van der Waals surface area contributed by atoms with Crippen LogP contribution in [0.5, 0.6) is 0 Å². The second-order valence-electron chi connectivity index (χ2n) is 15.1. The summed E-state index contributed by atoms with van der Waals surface area (Å²) in [6, 6.07) is 0. The average Bonchev–Trinajstić information content (AvgIpc) is 3.10. The molecule has 0 aromatic rings. The Hall–Kier alpha value is -0.410. The van der Waals surface area contributed by atoms with Gasteiger partial charge in [0.1, 0.15) is 5.78 Å². The third kappa shape index (κ3) is 2.92. The normalized spacial score (nSPS) is 54.9. The van der Waals surface area contributed by atoms with Crippen molar-refractivity contribution < 1.29 is 14.3 Å². The second-order valence-corrected chi connectivity index (χ2v) is 15.1. The van der Waals surface area contributed by atoms with Crippen LogP contribution in [0.2, 0.25) is 0 Å². The highest BCUT2D eigenvalue weighted by atomic mass is 16.8. The van der Waals surface area contributed by atoms with E-state index in [-0.39, 0.29) is 17.6 Å². The van der Waals surface area contributed by atoms with Crippen LogP contribution >= 0.6 is 0 Å². The van der Waals surface area contributed by atoms with Gasteiger partial charge in [0.2, 0.25) is 0 Å². The molecular formula is C31H50O3. The number of carbonyl (C=O) groups is 1. The Morgan fingerprint density at radius 2 is 1.56 bits per heavy atom. The van der Waals surface area contributed by atoms with Crippen LogP contribution in [-0.4, -0.2) is 23.8 Å². The van der Waals surface area contributed by atoms with E-state index < -0.39 is 5.79 Å².